The summed E-state index contributed by atoms with van der Waals surface area (Å²) in [6.07, 6.45) is 0. The first-order valence-electron chi connectivity index (χ1n) is 10.2. The molecule has 0 aliphatic heterocycles. The van der Waals surface area contributed by atoms with Crippen molar-refractivity contribution in [1.29, 1.82) is 0 Å². The zero-order chi connectivity index (χ0) is 26.8. The van der Waals surface area contributed by atoms with E-state index in [2.05, 4.69) is 14.4 Å². The number of hydrogen-bond donors (Lipinski definition) is 1. The van der Waals surface area contributed by atoms with Crippen LogP contribution in [-0.2, 0) is 4.74 Å². The molecule has 0 radical (unpaired) electrons. The Labute approximate surface area is 228 Å². The van der Waals surface area contributed by atoms with Crippen molar-refractivity contribution in [2.75, 3.05) is 21.3 Å². The summed E-state index contributed by atoms with van der Waals surface area (Å²) < 4.78 is 25.6. The Morgan fingerprint density at radius 3 is 1.49 bits per heavy atom. The van der Waals surface area contributed by atoms with Crippen LogP contribution in [0, 0.1) is 13.1 Å². The molecule has 0 bridgehead atoms. The molecule has 2 aromatic rings. The maximum Gasteiger partial charge on any atom is 1.00 e. The quantitative estimate of drug-likeness (QED) is 0.321. The first kappa shape index (κ1) is 35.3. The second-order valence-electron chi connectivity index (χ2n) is 7.84. The molecule has 0 unspecified atom stereocenters. The minimum Gasteiger partial charge on any atom is -0.870 e. The fourth-order valence-electron chi connectivity index (χ4n) is 2.55. The van der Waals surface area contributed by atoms with Crippen molar-refractivity contribution >= 4 is 11.9 Å². The molecule has 0 spiro atoms. The van der Waals surface area contributed by atoms with E-state index in [1.165, 1.54) is 39.5 Å². The van der Waals surface area contributed by atoms with Crippen molar-refractivity contribution < 1.29 is 62.7 Å². The van der Waals surface area contributed by atoms with Crippen molar-refractivity contribution in [3.63, 3.8) is 0 Å². The summed E-state index contributed by atoms with van der Waals surface area (Å²) in [5.41, 5.74) is -1.58. The smallest absolute Gasteiger partial charge is 0.870 e. The van der Waals surface area contributed by atoms with Gasteiger partial charge >= 0.3 is 42.2 Å². The van der Waals surface area contributed by atoms with E-state index < -0.39 is 23.4 Å². The molecule has 0 aromatic heterocycles. The number of rotatable bonds is 8. The zero-order valence-electron chi connectivity index (χ0n) is 22.1. The van der Waals surface area contributed by atoms with E-state index in [0.717, 1.165) is 0 Å². The summed E-state index contributed by atoms with van der Waals surface area (Å²) in [5, 5.41) is 8.90. The Morgan fingerprint density at radius 2 is 1.16 bits per heavy atom. The van der Waals surface area contributed by atoms with Gasteiger partial charge in [-0.15, -0.1) is 0 Å². The van der Waals surface area contributed by atoms with Crippen LogP contribution in [0.25, 0.3) is 9.69 Å². The standard InChI is InChI=1S/C13H15NO4.C12H13NO4.Li.H2O/c1-13(2,14-3)18-9-6-7-10(12(15)17-5)11(8-9)16-4;1-12(2,13-3)17-8-5-6-9(11(14)15)10(7-8)16-4;;/h6-8H,1-2,4-5H3;5-7H,1-2,4H3,(H,14,15);;1H2/q;;+1;/p-1. The minimum absolute atomic E-state index is 0. The fourth-order valence-corrected chi connectivity index (χ4v) is 2.55. The maximum atomic E-state index is 11.5. The molecule has 0 saturated heterocycles. The largest absolute Gasteiger partial charge is 1.00 e. The third-order valence-corrected chi connectivity index (χ3v) is 4.26. The zero-order valence-corrected chi connectivity index (χ0v) is 22.1. The van der Waals surface area contributed by atoms with Crippen LogP contribution in [0.3, 0.4) is 0 Å². The second kappa shape index (κ2) is 15.3. The summed E-state index contributed by atoms with van der Waals surface area (Å²) in [6.45, 7) is 20.5. The van der Waals surface area contributed by atoms with Gasteiger partial charge < -0.3 is 34.3 Å². The Hall–Kier alpha value is -3.88. The van der Waals surface area contributed by atoms with Crippen molar-refractivity contribution in [2.45, 2.75) is 39.1 Å². The normalized spacial score (nSPS) is 9.86. The average molecular weight is 508 g/mol. The fraction of sp³-hybridized carbons (Fsp3) is 0.360. The number of carbonyl (C=O) groups excluding carboxylic acids is 1. The van der Waals surface area contributed by atoms with Gasteiger partial charge in [-0.2, -0.15) is 0 Å². The number of carboxylic acids is 1. The SMILES string of the molecule is [C-]#[N+]C(C)(C)Oc1ccc(C(=O)O)c(OC)c1.[C-]#[N+]C(C)(C)Oc1ccc(C(=O)OC)c(OC)c1.[Li+].[OH-]. The van der Waals surface area contributed by atoms with Crippen LogP contribution in [0.5, 0.6) is 23.0 Å². The third kappa shape index (κ3) is 10.7. The predicted octanol–water partition coefficient (Wildman–Crippen LogP) is 1.77. The van der Waals surface area contributed by atoms with Crippen LogP contribution in [0.4, 0.5) is 0 Å². The van der Waals surface area contributed by atoms with E-state index >= 15 is 0 Å². The molecule has 2 N–H and O–H groups in total. The van der Waals surface area contributed by atoms with Crippen molar-refractivity contribution in [1.82, 2.24) is 0 Å². The molecule has 2 rings (SSSR count). The van der Waals surface area contributed by atoms with Gasteiger partial charge in [-0.25, -0.2) is 22.7 Å². The molecular formula is C25H29LiN2O9. The number of benzene rings is 2. The van der Waals surface area contributed by atoms with E-state index in [0.29, 0.717) is 22.8 Å². The summed E-state index contributed by atoms with van der Waals surface area (Å²) in [6, 6.07) is 9.03. The molecule has 12 heteroatoms. The van der Waals surface area contributed by atoms with Gasteiger partial charge in [0.2, 0.25) is 0 Å². The first-order valence-corrected chi connectivity index (χ1v) is 10.2. The summed E-state index contributed by atoms with van der Waals surface area (Å²) >= 11 is 0. The molecule has 37 heavy (non-hydrogen) atoms. The van der Waals surface area contributed by atoms with E-state index in [-0.39, 0.29) is 35.6 Å². The molecule has 0 aliphatic carbocycles. The van der Waals surface area contributed by atoms with Gasteiger partial charge in [0.15, 0.2) is 0 Å². The van der Waals surface area contributed by atoms with E-state index in [4.69, 9.17) is 37.2 Å². The van der Waals surface area contributed by atoms with Gasteiger partial charge in [0.25, 0.3) is 0 Å². The van der Waals surface area contributed by atoms with Gasteiger partial charge in [-0.05, 0) is 24.3 Å². The van der Waals surface area contributed by atoms with Crippen molar-refractivity contribution in [3.8, 4) is 23.0 Å². The molecule has 0 fully saturated rings. The first-order chi connectivity index (χ1) is 16.3. The van der Waals surface area contributed by atoms with Gasteiger partial charge in [-0.3, -0.25) is 9.69 Å². The molecule has 194 valence electrons. The van der Waals surface area contributed by atoms with Crippen molar-refractivity contribution in [2.24, 2.45) is 0 Å². The molecular weight excluding hydrogens is 479 g/mol. The molecule has 0 aliphatic rings. The van der Waals surface area contributed by atoms with E-state index in [1.54, 1.807) is 45.9 Å². The average Bonchev–Trinajstić information content (AvgIpc) is 2.83. The van der Waals surface area contributed by atoms with Crippen LogP contribution in [-0.4, -0.2) is 55.3 Å². The third-order valence-electron chi connectivity index (χ3n) is 4.26. The molecule has 2 aromatic carbocycles. The molecule has 11 nitrogen and oxygen atoms in total. The second-order valence-corrected chi connectivity index (χ2v) is 7.84. The van der Waals surface area contributed by atoms with Gasteiger partial charge in [0.05, 0.1) is 49.0 Å². The number of carboxylic acid groups (broad SMARTS) is 1. The number of carbonyl (C=O) groups is 2. The summed E-state index contributed by atoms with van der Waals surface area (Å²) in [5.74, 6) is -0.148. The molecule has 0 saturated carbocycles. The number of nitrogens with zero attached hydrogens (tertiary/aromatic N) is 2. The molecule has 0 heterocycles. The minimum atomic E-state index is -1.07. The Kier molecular flexibility index (Phi) is 14.6. The Balaban J connectivity index is 0. The monoisotopic (exact) mass is 508 g/mol. The Morgan fingerprint density at radius 1 is 0.784 bits per heavy atom. The predicted molar refractivity (Wildman–Crippen MR) is 129 cm³/mol. The number of aromatic carboxylic acids is 1. The van der Waals surface area contributed by atoms with Gasteiger partial charge in [0.1, 0.15) is 34.1 Å². The summed E-state index contributed by atoms with van der Waals surface area (Å²) in [7, 11) is 4.13. The van der Waals surface area contributed by atoms with Crippen LogP contribution in [0.1, 0.15) is 48.4 Å². The summed E-state index contributed by atoms with van der Waals surface area (Å²) in [4.78, 5) is 29.0. The number of esters is 1. The topological polar surface area (TPSA) is 139 Å². The van der Waals surface area contributed by atoms with Crippen LogP contribution in [0.2, 0.25) is 0 Å². The number of ether oxygens (including phenoxy) is 5. The number of hydrogen-bond acceptors (Lipinski definition) is 8. The van der Waals surface area contributed by atoms with Crippen LogP contribution in [0.15, 0.2) is 36.4 Å². The molecule has 0 atom stereocenters. The van der Waals surface area contributed by atoms with Crippen molar-refractivity contribution in [3.05, 3.63) is 70.4 Å². The Bertz CT molecular complexity index is 1150. The maximum absolute atomic E-state index is 11.5. The molecule has 0 amide bonds. The van der Waals surface area contributed by atoms with Crippen LogP contribution >= 0.6 is 0 Å². The van der Waals surface area contributed by atoms with Gasteiger partial charge in [0, 0.05) is 12.1 Å². The van der Waals surface area contributed by atoms with Gasteiger partial charge in [-0.1, -0.05) is 0 Å². The van der Waals surface area contributed by atoms with E-state index in [1.807, 2.05) is 0 Å². The van der Waals surface area contributed by atoms with E-state index in [9.17, 15) is 9.59 Å². The van der Waals surface area contributed by atoms with Crippen LogP contribution < -0.4 is 37.8 Å². The number of methoxy groups -OCH3 is 3.